The summed E-state index contributed by atoms with van der Waals surface area (Å²) in [5.41, 5.74) is 6.57. The molecule has 2 aromatic rings. The first kappa shape index (κ1) is 10.2. The summed E-state index contributed by atoms with van der Waals surface area (Å²) in [6.07, 6.45) is 3.29. The number of allylic oxidation sites excluding steroid dienone is 1. The molecule has 0 spiro atoms. The van der Waals surface area contributed by atoms with Crippen LogP contribution >= 0.6 is 11.6 Å². The molecule has 0 saturated carbocycles. The molecule has 0 aromatic heterocycles. The molecule has 1 aliphatic carbocycles. The normalized spacial score (nSPS) is 19.4. The molecular weight excluding hydrogens is 242 g/mol. The van der Waals surface area contributed by atoms with Crippen molar-refractivity contribution in [2.75, 3.05) is 5.32 Å². The first-order valence-corrected chi connectivity index (χ1v) is 6.55. The number of benzene rings is 2. The summed E-state index contributed by atoms with van der Waals surface area (Å²) in [7, 11) is 0. The van der Waals surface area contributed by atoms with Crippen LogP contribution in [0.15, 0.2) is 48.2 Å². The zero-order valence-electron chi connectivity index (χ0n) is 9.78. The lowest BCUT2D eigenvalue weighted by Crippen LogP contribution is -2.09. The molecule has 0 saturated heterocycles. The van der Waals surface area contributed by atoms with E-state index in [1.54, 1.807) is 0 Å². The van der Waals surface area contributed by atoms with Crippen LogP contribution in [-0.4, -0.2) is 0 Å². The molecule has 1 heterocycles. The van der Waals surface area contributed by atoms with Crippen LogP contribution in [0.4, 0.5) is 5.69 Å². The minimum absolute atomic E-state index is 0.481. The van der Waals surface area contributed by atoms with Crippen LogP contribution in [-0.2, 0) is 6.42 Å². The molecular formula is C16H12ClN. The van der Waals surface area contributed by atoms with Gasteiger partial charge in [-0.2, -0.15) is 0 Å². The van der Waals surface area contributed by atoms with Gasteiger partial charge in [-0.05, 0) is 47.4 Å². The van der Waals surface area contributed by atoms with Crippen molar-refractivity contribution in [2.24, 2.45) is 0 Å². The molecule has 0 bridgehead atoms. The highest BCUT2D eigenvalue weighted by Gasteiger charge is 2.30. The Hall–Kier alpha value is -1.73. The van der Waals surface area contributed by atoms with Crippen molar-refractivity contribution in [3.63, 3.8) is 0 Å². The summed E-state index contributed by atoms with van der Waals surface area (Å²) >= 11 is 6.06. The van der Waals surface area contributed by atoms with Crippen LogP contribution in [0.1, 0.15) is 22.6 Å². The molecule has 88 valence electrons. The molecule has 1 unspecified atom stereocenters. The SMILES string of the molecule is Clc1ccc2c(c1)C=C1Nc3ccccc3C1C2. The Balaban J connectivity index is 1.86. The Bertz CT molecular complexity index is 673. The Kier molecular flexibility index (Phi) is 2.06. The van der Waals surface area contributed by atoms with E-state index in [2.05, 4.69) is 41.7 Å². The summed E-state index contributed by atoms with van der Waals surface area (Å²) < 4.78 is 0. The van der Waals surface area contributed by atoms with Crippen LogP contribution in [0.25, 0.3) is 6.08 Å². The zero-order valence-corrected chi connectivity index (χ0v) is 10.5. The second kappa shape index (κ2) is 3.63. The van der Waals surface area contributed by atoms with E-state index in [1.165, 1.54) is 28.1 Å². The Morgan fingerprint density at radius 1 is 1.11 bits per heavy atom. The van der Waals surface area contributed by atoms with Crippen LogP contribution < -0.4 is 5.32 Å². The topological polar surface area (TPSA) is 12.0 Å². The number of anilines is 1. The number of rotatable bonds is 0. The van der Waals surface area contributed by atoms with Gasteiger partial charge < -0.3 is 5.32 Å². The van der Waals surface area contributed by atoms with E-state index in [0.717, 1.165) is 11.4 Å². The van der Waals surface area contributed by atoms with Gasteiger partial charge in [-0.25, -0.2) is 0 Å². The molecule has 1 aliphatic heterocycles. The molecule has 0 fully saturated rings. The third-order valence-electron chi connectivity index (χ3n) is 3.83. The maximum absolute atomic E-state index is 6.06. The van der Waals surface area contributed by atoms with Gasteiger partial charge in [0.15, 0.2) is 0 Å². The van der Waals surface area contributed by atoms with Gasteiger partial charge in [0.1, 0.15) is 0 Å². The van der Waals surface area contributed by atoms with Gasteiger partial charge in [0, 0.05) is 22.3 Å². The van der Waals surface area contributed by atoms with E-state index in [4.69, 9.17) is 11.6 Å². The summed E-state index contributed by atoms with van der Waals surface area (Å²) in [4.78, 5) is 0. The van der Waals surface area contributed by atoms with Crippen molar-refractivity contribution < 1.29 is 0 Å². The van der Waals surface area contributed by atoms with Gasteiger partial charge in [-0.3, -0.25) is 0 Å². The van der Waals surface area contributed by atoms with E-state index in [-0.39, 0.29) is 0 Å². The molecule has 0 amide bonds. The first-order valence-electron chi connectivity index (χ1n) is 6.17. The Morgan fingerprint density at radius 3 is 2.94 bits per heavy atom. The number of halogens is 1. The summed E-state index contributed by atoms with van der Waals surface area (Å²) in [5.74, 6) is 0.481. The molecule has 2 heteroatoms. The van der Waals surface area contributed by atoms with Gasteiger partial charge in [0.2, 0.25) is 0 Å². The van der Waals surface area contributed by atoms with E-state index < -0.39 is 0 Å². The van der Waals surface area contributed by atoms with Crippen molar-refractivity contribution in [2.45, 2.75) is 12.3 Å². The van der Waals surface area contributed by atoms with Crippen LogP contribution in [0.2, 0.25) is 5.02 Å². The van der Waals surface area contributed by atoms with Crippen molar-refractivity contribution in [3.05, 3.63) is 69.9 Å². The van der Waals surface area contributed by atoms with E-state index >= 15 is 0 Å². The fraction of sp³-hybridized carbons (Fsp3) is 0.125. The standard InChI is InChI=1S/C16H12ClN/c17-12-6-5-10-8-14-13-3-1-2-4-15(13)18-16(14)9-11(10)7-12/h1-7,9,14,18H,8H2. The molecule has 1 N–H and O–H groups in total. The third kappa shape index (κ3) is 1.41. The zero-order chi connectivity index (χ0) is 12.1. The van der Waals surface area contributed by atoms with E-state index in [1.807, 2.05) is 12.1 Å². The molecule has 0 radical (unpaired) electrons. The summed E-state index contributed by atoms with van der Waals surface area (Å²) in [5, 5.41) is 4.32. The van der Waals surface area contributed by atoms with Crippen molar-refractivity contribution in [1.82, 2.24) is 0 Å². The van der Waals surface area contributed by atoms with Gasteiger partial charge in [-0.1, -0.05) is 35.9 Å². The maximum atomic E-state index is 6.06. The molecule has 1 atom stereocenters. The maximum Gasteiger partial charge on any atom is 0.0421 e. The van der Waals surface area contributed by atoms with Crippen LogP contribution in [0.3, 0.4) is 0 Å². The predicted octanol–water partition coefficient (Wildman–Crippen LogP) is 4.45. The average molecular weight is 254 g/mol. The smallest absolute Gasteiger partial charge is 0.0421 e. The fourth-order valence-corrected chi connectivity index (χ4v) is 3.14. The lowest BCUT2D eigenvalue weighted by atomic mass is 9.85. The number of para-hydroxylation sites is 1. The monoisotopic (exact) mass is 253 g/mol. The lowest BCUT2D eigenvalue weighted by Gasteiger charge is -2.20. The summed E-state index contributed by atoms with van der Waals surface area (Å²) in [6.45, 7) is 0. The average Bonchev–Trinajstić information content (AvgIpc) is 2.73. The fourth-order valence-electron chi connectivity index (χ4n) is 2.95. The minimum atomic E-state index is 0.481. The lowest BCUT2D eigenvalue weighted by molar-refractivity contribution is 0.812. The first-order chi connectivity index (χ1) is 8.81. The largest absolute Gasteiger partial charge is 0.358 e. The minimum Gasteiger partial charge on any atom is -0.358 e. The quantitative estimate of drug-likeness (QED) is 0.732. The summed E-state index contributed by atoms with van der Waals surface area (Å²) in [6, 6.07) is 14.7. The Labute approximate surface area is 111 Å². The molecule has 18 heavy (non-hydrogen) atoms. The second-order valence-corrected chi connectivity index (χ2v) is 5.35. The van der Waals surface area contributed by atoms with Crippen molar-refractivity contribution in [1.29, 1.82) is 0 Å². The predicted molar refractivity (Wildman–Crippen MR) is 75.9 cm³/mol. The molecule has 2 aromatic carbocycles. The van der Waals surface area contributed by atoms with Crippen molar-refractivity contribution in [3.8, 4) is 0 Å². The van der Waals surface area contributed by atoms with Crippen LogP contribution in [0.5, 0.6) is 0 Å². The van der Waals surface area contributed by atoms with Crippen molar-refractivity contribution >= 4 is 23.4 Å². The number of fused-ring (bicyclic) bond motifs is 4. The second-order valence-electron chi connectivity index (χ2n) is 4.91. The highest BCUT2D eigenvalue weighted by Crippen LogP contribution is 2.44. The van der Waals surface area contributed by atoms with Gasteiger partial charge in [0.05, 0.1) is 0 Å². The van der Waals surface area contributed by atoms with Gasteiger partial charge in [0.25, 0.3) is 0 Å². The number of hydrogen-bond donors (Lipinski definition) is 1. The highest BCUT2D eigenvalue weighted by molar-refractivity contribution is 6.30. The molecule has 1 nitrogen and oxygen atoms in total. The molecule has 2 aliphatic rings. The highest BCUT2D eigenvalue weighted by atomic mass is 35.5. The Morgan fingerprint density at radius 2 is 2.00 bits per heavy atom. The molecule has 4 rings (SSSR count). The van der Waals surface area contributed by atoms with Crippen LogP contribution in [0, 0.1) is 0 Å². The third-order valence-corrected chi connectivity index (χ3v) is 4.07. The van der Waals surface area contributed by atoms with E-state index in [0.29, 0.717) is 5.92 Å². The van der Waals surface area contributed by atoms with Gasteiger partial charge in [-0.15, -0.1) is 0 Å². The van der Waals surface area contributed by atoms with E-state index in [9.17, 15) is 0 Å². The van der Waals surface area contributed by atoms with Gasteiger partial charge >= 0.3 is 0 Å². The number of hydrogen-bond acceptors (Lipinski definition) is 1. The number of nitrogens with one attached hydrogen (secondary N) is 1.